The molecule has 0 bridgehead atoms. The number of rotatable bonds is 5. The number of fused-ring (bicyclic) bond motifs is 2. The third-order valence-corrected chi connectivity index (χ3v) is 11.4. The van der Waals surface area contributed by atoms with Crippen molar-refractivity contribution in [3.63, 3.8) is 0 Å². The normalized spacial score (nSPS) is 19.6. The first-order chi connectivity index (χ1) is 20.0. The molecule has 11 heteroatoms. The zero-order valence-electron chi connectivity index (χ0n) is 23.2. The molecule has 1 atom stereocenters. The molecule has 3 aliphatic rings. The Bertz CT molecular complexity index is 1700. The third-order valence-electron chi connectivity index (χ3n) is 8.87. The quantitative estimate of drug-likeness (QED) is 0.346. The van der Waals surface area contributed by atoms with E-state index in [-0.39, 0.29) is 38.0 Å². The molecule has 2 aliphatic heterocycles. The fourth-order valence-electron chi connectivity index (χ4n) is 6.63. The van der Waals surface area contributed by atoms with Crippen molar-refractivity contribution in [2.45, 2.75) is 55.9 Å². The maximum absolute atomic E-state index is 14.6. The molecule has 6 rings (SSSR count). The van der Waals surface area contributed by atoms with Gasteiger partial charge in [0.25, 0.3) is 15.9 Å². The molecule has 0 aromatic heterocycles. The standard InChI is InChI=1S/C31H30Cl2FN3O4S/c1-18-6-10-21(11-7-18)42(40,41)37-25-13-12-22(30(39)35-24-5-3-4-23(32)28(24)34)27(33)26(25)31(29(37)20-8-9-20)14-16-36(17-15-31)19(2)38/h3-7,10-13,20,29H,8-9,14-17H2,1-2H3,(H,35,39). The van der Waals surface area contributed by atoms with Crippen LogP contribution in [-0.2, 0) is 20.2 Å². The van der Waals surface area contributed by atoms with Crippen LogP contribution >= 0.6 is 23.2 Å². The molecule has 2 fully saturated rings. The van der Waals surface area contributed by atoms with E-state index in [0.29, 0.717) is 37.2 Å². The summed E-state index contributed by atoms with van der Waals surface area (Å²) in [4.78, 5) is 27.7. The Morgan fingerprint density at radius 2 is 1.67 bits per heavy atom. The van der Waals surface area contributed by atoms with Gasteiger partial charge in [0.2, 0.25) is 5.91 Å². The average molecular weight is 631 g/mol. The number of amides is 2. The number of benzene rings is 3. The second-order valence-corrected chi connectivity index (χ2v) is 14.0. The van der Waals surface area contributed by atoms with Crippen molar-refractivity contribution in [3.8, 4) is 0 Å². The number of anilines is 2. The Labute approximate surface area is 254 Å². The highest BCUT2D eigenvalue weighted by atomic mass is 35.5. The van der Waals surface area contributed by atoms with Crippen molar-refractivity contribution < 1.29 is 22.4 Å². The lowest BCUT2D eigenvalue weighted by atomic mass is 9.68. The van der Waals surface area contributed by atoms with Crippen LogP contribution in [0.5, 0.6) is 0 Å². The minimum absolute atomic E-state index is 0.0436. The van der Waals surface area contributed by atoms with Crippen LogP contribution in [0.3, 0.4) is 0 Å². The molecule has 2 amide bonds. The first-order valence-electron chi connectivity index (χ1n) is 13.9. The van der Waals surface area contributed by atoms with Crippen molar-refractivity contribution in [1.29, 1.82) is 0 Å². The van der Waals surface area contributed by atoms with E-state index < -0.39 is 33.2 Å². The molecule has 0 radical (unpaired) electrons. The van der Waals surface area contributed by atoms with E-state index >= 15 is 0 Å². The zero-order chi connectivity index (χ0) is 30.0. The minimum Gasteiger partial charge on any atom is -0.343 e. The first-order valence-corrected chi connectivity index (χ1v) is 16.1. The van der Waals surface area contributed by atoms with Crippen molar-refractivity contribution in [3.05, 3.63) is 87.2 Å². The summed E-state index contributed by atoms with van der Waals surface area (Å²) >= 11 is 13.0. The third kappa shape index (κ3) is 4.66. The van der Waals surface area contributed by atoms with E-state index in [9.17, 15) is 22.4 Å². The highest BCUT2D eigenvalue weighted by molar-refractivity contribution is 7.93. The fraction of sp³-hybridized carbons (Fsp3) is 0.355. The Kier molecular flexibility index (Phi) is 7.27. The van der Waals surface area contributed by atoms with Crippen molar-refractivity contribution in [2.24, 2.45) is 5.92 Å². The topological polar surface area (TPSA) is 86.8 Å². The summed E-state index contributed by atoms with van der Waals surface area (Å²) < 4.78 is 44.9. The van der Waals surface area contributed by atoms with Crippen LogP contribution in [0.4, 0.5) is 15.8 Å². The van der Waals surface area contributed by atoms with Gasteiger partial charge in [-0.25, -0.2) is 12.8 Å². The summed E-state index contributed by atoms with van der Waals surface area (Å²) in [5.41, 5.74) is 1.28. The highest BCUT2D eigenvalue weighted by Crippen LogP contribution is 2.61. The van der Waals surface area contributed by atoms with E-state index in [1.54, 1.807) is 35.2 Å². The van der Waals surface area contributed by atoms with Gasteiger partial charge < -0.3 is 10.2 Å². The lowest BCUT2D eigenvalue weighted by Crippen LogP contribution is -2.54. The molecule has 1 aliphatic carbocycles. The number of aryl methyl sites for hydroxylation is 1. The minimum atomic E-state index is -4.01. The summed E-state index contributed by atoms with van der Waals surface area (Å²) in [6, 6.07) is 13.8. The number of carbonyl (C=O) groups is 2. The van der Waals surface area contributed by atoms with E-state index in [0.717, 1.165) is 18.4 Å². The molecule has 1 saturated heterocycles. The first kappa shape index (κ1) is 29.0. The molecule has 42 heavy (non-hydrogen) atoms. The SMILES string of the molecule is CC(=O)N1CCC2(CC1)c1c(ccc(C(=O)Nc3cccc(Cl)c3F)c1Cl)N(S(=O)(=O)c1ccc(C)cc1)C2C1CC1. The lowest BCUT2D eigenvalue weighted by Gasteiger charge is -2.45. The molecule has 1 saturated carbocycles. The molecule has 220 valence electrons. The maximum Gasteiger partial charge on any atom is 0.264 e. The Hall–Kier alpha value is -3.14. The number of halogens is 3. The molecule has 7 nitrogen and oxygen atoms in total. The molecule has 3 aromatic rings. The largest absolute Gasteiger partial charge is 0.343 e. The number of hydrogen-bond acceptors (Lipinski definition) is 4. The average Bonchev–Trinajstić information content (AvgIpc) is 3.75. The summed E-state index contributed by atoms with van der Waals surface area (Å²) in [6.45, 7) is 4.30. The van der Waals surface area contributed by atoms with Crippen LogP contribution in [0.1, 0.15) is 54.1 Å². The van der Waals surface area contributed by atoms with Gasteiger partial charge in [0.15, 0.2) is 5.82 Å². The van der Waals surface area contributed by atoms with E-state index in [1.807, 2.05) is 6.92 Å². The lowest BCUT2D eigenvalue weighted by molar-refractivity contribution is -0.130. The van der Waals surface area contributed by atoms with E-state index in [1.165, 1.54) is 35.5 Å². The van der Waals surface area contributed by atoms with Gasteiger partial charge in [-0.1, -0.05) is 47.0 Å². The van der Waals surface area contributed by atoms with Gasteiger partial charge in [-0.2, -0.15) is 0 Å². The van der Waals surface area contributed by atoms with Crippen LogP contribution in [-0.4, -0.2) is 44.3 Å². The Morgan fingerprint density at radius 1 is 1.00 bits per heavy atom. The number of likely N-dealkylation sites (tertiary alicyclic amines) is 1. The molecule has 1 unspecified atom stereocenters. The summed E-state index contributed by atoms with van der Waals surface area (Å²) in [6.07, 6.45) is 2.73. The Balaban J connectivity index is 1.50. The molecular formula is C31H30Cl2FN3O4S. The number of sulfonamides is 1. The van der Waals surface area contributed by atoms with Crippen molar-refractivity contribution in [1.82, 2.24) is 4.90 Å². The zero-order valence-corrected chi connectivity index (χ0v) is 25.5. The van der Waals surface area contributed by atoms with Crippen LogP contribution in [0, 0.1) is 18.7 Å². The van der Waals surface area contributed by atoms with Gasteiger partial charge in [0.1, 0.15) is 0 Å². The molecule has 2 heterocycles. The number of nitrogens with one attached hydrogen (secondary N) is 1. The second kappa shape index (κ2) is 10.5. The second-order valence-electron chi connectivity index (χ2n) is 11.4. The number of nitrogens with zero attached hydrogens (tertiary/aromatic N) is 2. The van der Waals surface area contributed by atoms with Gasteiger partial charge in [0, 0.05) is 31.0 Å². The molecule has 1 spiro atoms. The van der Waals surface area contributed by atoms with Gasteiger partial charge >= 0.3 is 0 Å². The predicted octanol–water partition coefficient (Wildman–Crippen LogP) is 6.56. The summed E-state index contributed by atoms with van der Waals surface area (Å²) in [5.74, 6) is -1.33. The van der Waals surface area contributed by atoms with Crippen molar-refractivity contribution in [2.75, 3.05) is 22.7 Å². The summed E-state index contributed by atoms with van der Waals surface area (Å²) in [7, 11) is -4.01. The summed E-state index contributed by atoms with van der Waals surface area (Å²) in [5, 5.41) is 2.57. The van der Waals surface area contributed by atoms with E-state index in [4.69, 9.17) is 23.2 Å². The smallest absolute Gasteiger partial charge is 0.264 e. The fourth-order valence-corrected chi connectivity index (χ4v) is 9.03. The van der Waals surface area contributed by atoms with Gasteiger partial charge in [-0.05, 0) is 74.9 Å². The van der Waals surface area contributed by atoms with Crippen LogP contribution in [0.25, 0.3) is 0 Å². The monoisotopic (exact) mass is 629 g/mol. The molecule has 1 N–H and O–H groups in total. The van der Waals surface area contributed by atoms with Crippen LogP contribution in [0.15, 0.2) is 59.5 Å². The van der Waals surface area contributed by atoms with E-state index in [2.05, 4.69) is 5.32 Å². The van der Waals surface area contributed by atoms with Gasteiger partial charge in [-0.15, -0.1) is 0 Å². The predicted molar refractivity (Wildman–Crippen MR) is 161 cm³/mol. The highest BCUT2D eigenvalue weighted by Gasteiger charge is 2.61. The van der Waals surface area contributed by atoms with Gasteiger partial charge in [0.05, 0.1) is 37.9 Å². The maximum atomic E-state index is 14.6. The number of piperidine rings is 1. The van der Waals surface area contributed by atoms with Crippen LogP contribution in [0.2, 0.25) is 10.0 Å². The van der Waals surface area contributed by atoms with Crippen LogP contribution < -0.4 is 9.62 Å². The molecular weight excluding hydrogens is 600 g/mol. The number of hydrogen-bond donors (Lipinski definition) is 1. The van der Waals surface area contributed by atoms with Gasteiger partial charge in [-0.3, -0.25) is 13.9 Å². The number of carbonyl (C=O) groups excluding carboxylic acids is 2. The van der Waals surface area contributed by atoms with Crippen molar-refractivity contribution >= 4 is 56.4 Å². The molecule has 3 aromatic carbocycles. The Morgan fingerprint density at radius 3 is 2.29 bits per heavy atom.